The zero-order valence-corrected chi connectivity index (χ0v) is 25.3. The first-order valence-electron chi connectivity index (χ1n) is 14.9. The number of rotatable bonds is 12. The van der Waals surface area contributed by atoms with Gasteiger partial charge in [0.25, 0.3) is 0 Å². The van der Waals surface area contributed by atoms with E-state index in [0.29, 0.717) is 11.1 Å². The predicted octanol–water partition coefficient (Wildman–Crippen LogP) is 9.03. The van der Waals surface area contributed by atoms with Crippen LogP contribution >= 0.6 is 11.3 Å². The first-order valence-corrected chi connectivity index (χ1v) is 15.7. The molecule has 2 heterocycles. The summed E-state index contributed by atoms with van der Waals surface area (Å²) < 4.78 is 18.5. The van der Waals surface area contributed by atoms with Gasteiger partial charge in [0.15, 0.2) is 11.5 Å². The molecule has 1 saturated heterocycles. The molecule has 1 aliphatic rings. The highest BCUT2D eigenvalue weighted by molar-refractivity contribution is 7.22. The van der Waals surface area contributed by atoms with E-state index in [1.165, 1.54) is 38.5 Å². The van der Waals surface area contributed by atoms with Gasteiger partial charge in [-0.15, -0.1) is 11.3 Å². The minimum atomic E-state index is -0.333. The Kier molecular flexibility index (Phi) is 9.63. The topological polar surface area (TPSA) is 56.8 Å². The second-order valence-corrected chi connectivity index (χ2v) is 11.9. The average Bonchev–Trinajstić information content (AvgIpc) is 3.24. The van der Waals surface area contributed by atoms with Crippen LogP contribution in [-0.4, -0.2) is 32.3 Å². The molecule has 0 radical (unpaired) electrons. The van der Waals surface area contributed by atoms with Crippen molar-refractivity contribution in [3.8, 4) is 27.7 Å². The van der Waals surface area contributed by atoms with Gasteiger partial charge in [0.05, 0.1) is 14.2 Å². The molecule has 5 nitrogen and oxygen atoms in total. The standard InChI is InChI=1S/C35H41NO4S/c1-4-5-6-8-21-35(22-9-7-10-23-36-35)40-28-17-11-25(12-18-28)33(37)32-30-20-19-29(39-3)24-31(30)41-34(32)26-13-15-27(38-2)16-14-26/h11-20,24,36H,4-10,21-23H2,1-3H3. The predicted molar refractivity (Wildman–Crippen MR) is 169 cm³/mol. The van der Waals surface area contributed by atoms with Gasteiger partial charge >= 0.3 is 0 Å². The van der Waals surface area contributed by atoms with E-state index >= 15 is 0 Å². The van der Waals surface area contributed by atoms with Gasteiger partial charge in [-0.3, -0.25) is 10.1 Å². The van der Waals surface area contributed by atoms with Gasteiger partial charge < -0.3 is 14.2 Å². The third-order valence-electron chi connectivity index (χ3n) is 8.04. The Balaban J connectivity index is 1.44. The first-order chi connectivity index (χ1) is 20.1. The molecule has 0 amide bonds. The van der Waals surface area contributed by atoms with Gasteiger partial charge in [0.1, 0.15) is 17.2 Å². The molecule has 0 bridgehead atoms. The minimum absolute atomic E-state index is 0.000607. The van der Waals surface area contributed by atoms with Crippen molar-refractivity contribution in [1.29, 1.82) is 0 Å². The van der Waals surface area contributed by atoms with Crippen molar-refractivity contribution >= 4 is 27.2 Å². The number of hydrogen-bond acceptors (Lipinski definition) is 6. The lowest BCUT2D eigenvalue weighted by atomic mass is 9.97. The SMILES string of the molecule is CCCCCCC1(Oc2ccc(C(=O)c3c(-c4ccc(OC)cc4)sc4cc(OC)ccc34)cc2)CCCCCN1. The fourth-order valence-electron chi connectivity index (χ4n) is 5.73. The van der Waals surface area contributed by atoms with E-state index in [2.05, 4.69) is 12.2 Å². The summed E-state index contributed by atoms with van der Waals surface area (Å²) >= 11 is 1.61. The molecule has 5 rings (SSSR count). The maximum atomic E-state index is 14.1. The average molecular weight is 572 g/mol. The van der Waals surface area contributed by atoms with Crippen LogP contribution in [0.25, 0.3) is 20.5 Å². The van der Waals surface area contributed by atoms with Crippen LogP contribution in [0.1, 0.15) is 80.6 Å². The van der Waals surface area contributed by atoms with Crippen molar-refractivity contribution in [2.75, 3.05) is 20.8 Å². The van der Waals surface area contributed by atoms with Crippen LogP contribution in [0.15, 0.2) is 66.7 Å². The van der Waals surface area contributed by atoms with Gasteiger partial charge in [-0.2, -0.15) is 0 Å². The van der Waals surface area contributed by atoms with E-state index in [0.717, 1.165) is 63.6 Å². The van der Waals surface area contributed by atoms with Gasteiger partial charge in [-0.1, -0.05) is 32.6 Å². The minimum Gasteiger partial charge on any atom is -0.497 e. The Morgan fingerprint density at radius 2 is 1.59 bits per heavy atom. The van der Waals surface area contributed by atoms with E-state index in [-0.39, 0.29) is 11.5 Å². The largest absolute Gasteiger partial charge is 0.497 e. The fourth-order valence-corrected chi connectivity index (χ4v) is 6.96. The number of ether oxygens (including phenoxy) is 3. The molecule has 6 heteroatoms. The molecular formula is C35H41NO4S. The van der Waals surface area contributed by atoms with Gasteiger partial charge in [-0.25, -0.2) is 0 Å². The Labute approximate surface area is 247 Å². The van der Waals surface area contributed by atoms with Crippen LogP contribution < -0.4 is 19.5 Å². The number of benzene rings is 3. The maximum Gasteiger partial charge on any atom is 0.195 e. The number of nitrogens with one attached hydrogen (secondary N) is 1. The highest BCUT2D eigenvalue weighted by Gasteiger charge is 2.32. The van der Waals surface area contributed by atoms with Crippen molar-refractivity contribution in [2.24, 2.45) is 0 Å². The van der Waals surface area contributed by atoms with Crippen LogP contribution in [0.5, 0.6) is 17.2 Å². The third-order valence-corrected chi connectivity index (χ3v) is 9.25. The number of methoxy groups -OCH3 is 2. The van der Waals surface area contributed by atoms with Gasteiger partial charge in [-0.05, 0) is 98.1 Å². The number of thiophene rings is 1. The zero-order chi connectivity index (χ0) is 28.7. The summed E-state index contributed by atoms with van der Waals surface area (Å²) in [5.74, 6) is 2.37. The van der Waals surface area contributed by atoms with E-state index in [9.17, 15) is 4.79 Å². The van der Waals surface area contributed by atoms with Crippen molar-refractivity contribution < 1.29 is 19.0 Å². The Morgan fingerprint density at radius 1 is 0.854 bits per heavy atom. The Bertz CT molecular complexity index is 1430. The molecule has 41 heavy (non-hydrogen) atoms. The Morgan fingerprint density at radius 3 is 2.32 bits per heavy atom. The molecule has 1 aliphatic heterocycles. The second-order valence-electron chi connectivity index (χ2n) is 10.9. The number of unbranched alkanes of at least 4 members (excludes halogenated alkanes) is 3. The fraction of sp³-hybridized carbons (Fsp3) is 0.400. The van der Waals surface area contributed by atoms with Crippen LogP contribution in [-0.2, 0) is 0 Å². The van der Waals surface area contributed by atoms with Crippen LogP contribution in [0.2, 0.25) is 0 Å². The first kappa shape index (κ1) is 29.2. The molecule has 3 aromatic carbocycles. The van der Waals surface area contributed by atoms with Gasteiger partial charge in [0, 0.05) is 38.9 Å². The molecular weight excluding hydrogens is 530 g/mol. The van der Waals surface area contributed by atoms with E-state index in [1.807, 2.05) is 66.7 Å². The monoisotopic (exact) mass is 571 g/mol. The molecule has 1 fully saturated rings. The van der Waals surface area contributed by atoms with E-state index in [1.54, 1.807) is 25.6 Å². The van der Waals surface area contributed by atoms with Crippen molar-refractivity contribution in [3.63, 3.8) is 0 Å². The molecule has 216 valence electrons. The number of ketones is 1. The summed E-state index contributed by atoms with van der Waals surface area (Å²) in [4.78, 5) is 15.0. The molecule has 4 aromatic rings. The van der Waals surface area contributed by atoms with Crippen molar-refractivity contribution in [1.82, 2.24) is 5.32 Å². The molecule has 0 spiro atoms. The highest BCUT2D eigenvalue weighted by Crippen LogP contribution is 2.42. The van der Waals surface area contributed by atoms with E-state index < -0.39 is 0 Å². The maximum absolute atomic E-state index is 14.1. The molecule has 1 unspecified atom stereocenters. The zero-order valence-electron chi connectivity index (χ0n) is 24.5. The normalized spacial score (nSPS) is 17.2. The summed E-state index contributed by atoms with van der Waals surface area (Å²) in [5.41, 5.74) is 2.01. The highest BCUT2D eigenvalue weighted by atomic mass is 32.1. The number of carbonyl (C=O) groups is 1. The summed E-state index contributed by atoms with van der Waals surface area (Å²) in [5, 5.41) is 4.67. The van der Waals surface area contributed by atoms with Gasteiger partial charge in [0.2, 0.25) is 0 Å². The molecule has 0 aliphatic carbocycles. The van der Waals surface area contributed by atoms with Crippen LogP contribution in [0.3, 0.4) is 0 Å². The van der Waals surface area contributed by atoms with Crippen molar-refractivity contribution in [2.45, 2.75) is 70.4 Å². The summed E-state index contributed by atoms with van der Waals surface area (Å²) in [7, 11) is 3.32. The number of carbonyl (C=O) groups excluding carboxylic acids is 1. The molecule has 1 N–H and O–H groups in total. The summed E-state index contributed by atoms with van der Waals surface area (Å²) in [6, 6.07) is 21.5. The lowest BCUT2D eigenvalue weighted by Gasteiger charge is -2.35. The molecule has 1 aromatic heterocycles. The lowest BCUT2D eigenvalue weighted by molar-refractivity contribution is 0.0176. The smallest absolute Gasteiger partial charge is 0.195 e. The Hall–Kier alpha value is -3.35. The second kappa shape index (κ2) is 13.5. The summed E-state index contributed by atoms with van der Waals surface area (Å²) in [6.45, 7) is 3.23. The molecule has 1 atom stereocenters. The van der Waals surface area contributed by atoms with E-state index in [4.69, 9.17) is 14.2 Å². The van der Waals surface area contributed by atoms with Crippen LogP contribution in [0.4, 0.5) is 0 Å². The van der Waals surface area contributed by atoms with Crippen molar-refractivity contribution in [3.05, 3.63) is 77.9 Å². The number of hydrogen-bond donors (Lipinski definition) is 1. The summed E-state index contributed by atoms with van der Waals surface area (Å²) in [6.07, 6.45) is 10.5. The quantitative estimate of drug-likeness (QED) is 0.136. The lowest BCUT2D eigenvalue weighted by Crippen LogP contribution is -2.49. The number of fused-ring (bicyclic) bond motifs is 1. The molecule has 0 saturated carbocycles. The third kappa shape index (κ3) is 6.77. The van der Waals surface area contributed by atoms with Crippen LogP contribution in [0, 0.1) is 0 Å².